The Kier molecular flexibility index (Phi) is 5.34. The maximum Gasteiger partial charge on any atom is 0.345 e. The monoisotopic (exact) mass is 448 g/mol. The smallest absolute Gasteiger partial charge is 0.345 e. The molecule has 0 aliphatic carbocycles. The fourth-order valence-electron chi connectivity index (χ4n) is 4.99. The summed E-state index contributed by atoms with van der Waals surface area (Å²) in [5, 5.41) is 11.0. The van der Waals surface area contributed by atoms with E-state index in [1.807, 2.05) is 0 Å². The van der Waals surface area contributed by atoms with Crippen LogP contribution in [0, 0.1) is 5.92 Å². The number of hydrogen-bond acceptors (Lipinski definition) is 9. The number of epoxide rings is 1. The van der Waals surface area contributed by atoms with Gasteiger partial charge in [0.05, 0.1) is 11.2 Å². The van der Waals surface area contributed by atoms with E-state index in [9.17, 15) is 19.5 Å². The van der Waals surface area contributed by atoms with Gasteiger partial charge >= 0.3 is 11.9 Å². The number of ether oxygens (including phenoxy) is 5. The summed E-state index contributed by atoms with van der Waals surface area (Å²) in [5.41, 5.74) is -1.90. The number of aldehydes is 1. The standard InChI is InChI=1S/C23H28O9/c1-12(2)14-6-18(29-13(3)25)23-19(32-23)17(30-20(23)26)10-21(4,27)9-16-7-15(11-24)22(8-14,28-5)31-16/h7,9,11,14,17-19,27H,1,6,8,10H2,2-5H3/b16-9-/t14-,17+,18-,19+,21+,22+,23+/m0/s1. The molecule has 32 heavy (non-hydrogen) atoms. The summed E-state index contributed by atoms with van der Waals surface area (Å²) in [6.07, 6.45) is 1.69. The lowest BCUT2D eigenvalue weighted by molar-refractivity contribution is -0.175. The number of esters is 2. The van der Waals surface area contributed by atoms with Crippen LogP contribution in [-0.2, 0) is 38.1 Å². The molecule has 4 bridgehead atoms. The van der Waals surface area contributed by atoms with E-state index in [0.29, 0.717) is 6.29 Å². The van der Waals surface area contributed by atoms with Gasteiger partial charge in [0.15, 0.2) is 6.29 Å². The molecule has 9 nitrogen and oxygen atoms in total. The average molecular weight is 448 g/mol. The highest BCUT2D eigenvalue weighted by atomic mass is 16.7. The van der Waals surface area contributed by atoms with Gasteiger partial charge in [0.25, 0.3) is 0 Å². The SMILES string of the molecule is C=C(C)[C@H]1C[C@H](OC(C)=O)[C@@]23O[C@@H]2[C@@H](C[C@](C)(O)/C=C2/C=C(C=O)[C@@](OC)(C1)O2)OC3=O. The third-order valence-electron chi connectivity index (χ3n) is 6.64. The molecule has 0 radical (unpaired) electrons. The van der Waals surface area contributed by atoms with E-state index in [-0.39, 0.29) is 36.5 Å². The summed E-state index contributed by atoms with van der Waals surface area (Å²) in [6, 6.07) is 0. The summed E-state index contributed by atoms with van der Waals surface area (Å²) < 4.78 is 28.6. The molecule has 7 atom stereocenters. The number of carbonyl (C=O) groups is 3. The summed E-state index contributed by atoms with van der Waals surface area (Å²) in [5.74, 6) is -2.70. The zero-order chi connectivity index (χ0) is 23.5. The third kappa shape index (κ3) is 3.58. The highest BCUT2D eigenvalue weighted by Crippen LogP contribution is 2.54. The number of carbonyl (C=O) groups excluding carboxylic acids is 3. The van der Waals surface area contributed by atoms with Crippen molar-refractivity contribution in [2.45, 2.75) is 75.3 Å². The van der Waals surface area contributed by atoms with E-state index in [1.54, 1.807) is 13.8 Å². The first-order valence-corrected chi connectivity index (χ1v) is 10.5. The van der Waals surface area contributed by atoms with Crippen LogP contribution in [0.3, 0.4) is 0 Å². The van der Waals surface area contributed by atoms with E-state index in [2.05, 4.69) is 6.58 Å². The van der Waals surface area contributed by atoms with E-state index in [0.717, 1.165) is 5.57 Å². The minimum Gasteiger partial charge on any atom is -0.459 e. The Hall–Kier alpha value is -2.49. The van der Waals surface area contributed by atoms with Crippen LogP contribution in [0.1, 0.15) is 40.0 Å². The first-order chi connectivity index (χ1) is 15.0. The van der Waals surface area contributed by atoms with Gasteiger partial charge in [-0.3, -0.25) is 9.59 Å². The zero-order valence-electron chi connectivity index (χ0n) is 18.6. The fourth-order valence-corrected chi connectivity index (χ4v) is 4.99. The zero-order valence-corrected chi connectivity index (χ0v) is 18.6. The second-order valence-corrected chi connectivity index (χ2v) is 9.24. The number of hydrogen-bond donors (Lipinski definition) is 1. The predicted octanol–water partition coefficient (Wildman–Crippen LogP) is 1.49. The summed E-state index contributed by atoms with van der Waals surface area (Å²) in [6.45, 7) is 8.65. The van der Waals surface area contributed by atoms with Crippen LogP contribution in [0.25, 0.3) is 0 Å². The Balaban J connectivity index is 1.81. The van der Waals surface area contributed by atoms with Crippen molar-refractivity contribution in [1.29, 1.82) is 0 Å². The van der Waals surface area contributed by atoms with Gasteiger partial charge in [-0.2, -0.15) is 0 Å². The topological polar surface area (TPSA) is 121 Å². The molecule has 2 saturated heterocycles. The quantitative estimate of drug-likeness (QED) is 0.295. The van der Waals surface area contributed by atoms with Crippen LogP contribution in [0.15, 0.2) is 35.6 Å². The molecule has 0 unspecified atom stereocenters. The summed E-state index contributed by atoms with van der Waals surface area (Å²) in [7, 11) is 1.42. The Morgan fingerprint density at radius 1 is 1.34 bits per heavy atom. The second kappa shape index (κ2) is 7.54. The highest BCUT2D eigenvalue weighted by molar-refractivity contribution is 5.88. The molecule has 174 valence electrons. The molecule has 0 aromatic carbocycles. The first kappa shape index (κ1) is 22.7. The van der Waals surface area contributed by atoms with Crippen molar-refractivity contribution >= 4 is 18.2 Å². The minimum atomic E-state index is -1.45. The number of aliphatic hydroxyl groups is 1. The molecular weight excluding hydrogens is 420 g/mol. The Bertz CT molecular complexity index is 932. The number of allylic oxidation sites excluding steroid dienone is 2. The molecule has 4 heterocycles. The summed E-state index contributed by atoms with van der Waals surface area (Å²) >= 11 is 0. The number of methoxy groups -OCH3 is 1. The van der Waals surface area contributed by atoms with Crippen molar-refractivity contribution in [3.8, 4) is 0 Å². The molecule has 9 heteroatoms. The Morgan fingerprint density at radius 2 is 2.06 bits per heavy atom. The molecule has 0 saturated carbocycles. The van der Waals surface area contributed by atoms with Crippen LogP contribution < -0.4 is 0 Å². The maximum atomic E-state index is 12.9. The molecular formula is C23H28O9. The van der Waals surface area contributed by atoms with Crippen LogP contribution in [0.2, 0.25) is 0 Å². The second-order valence-electron chi connectivity index (χ2n) is 9.24. The van der Waals surface area contributed by atoms with E-state index < -0.39 is 47.2 Å². The fraction of sp³-hybridized carbons (Fsp3) is 0.609. The van der Waals surface area contributed by atoms with Crippen molar-refractivity contribution < 1.29 is 43.2 Å². The molecule has 0 aromatic heterocycles. The van der Waals surface area contributed by atoms with Gasteiger partial charge in [0.2, 0.25) is 11.4 Å². The van der Waals surface area contributed by atoms with Gasteiger partial charge in [-0.1, -0.05) is 12.2 Å². The molecule has 4 aliphatic rings. The molecule has 0 aromatic rings. The van der Waals surface area contributed by atoms with Gasteiger partial charge in [-0.15, -0.1) is 0 Å². The average Bonchev–Trinajstić information content (AvgIpc) is 3.28. The van der Waals surface area contributed by atoms with Gasteiger partial charge < -0.3 is 28.8 Å². The van der Waals surface area contributed by atoms with Crippen molar-refractivity contribution in [3.05, 3.63) is 35.6 Å². The van der Waals surface area contributed by atoms with E-state index >= 15 is 0 Å². The van der Waals surface area contributed by atoms with E-state index in [1.165, 1.54) is 26.2 Å². The number of rotatable bonds is 4. The molecule has 0 spiro atoms. The highest BCUT2D eigenvalue weighted by Gasteiger charge is 2.78. The maximum absolute atomic E-state index is 12.9. The van der Waals surface area contributed by atoms with Gasteiger partial charge in [-0.25, -0.2) is 4.79 Å². The molecule has 4 rings (SSSR count). The lowest BCUT2D eigenvalue weighted by Gasteiger charge is -2.34. The first-order valence-electron chi connectivity index (χ1n) is 10.5. The molecule has 1 N–H and O–H groups in total. The van der Waals surface area contributed by atoms with Crippen LogP contribution in [0.5, 0.6) is 0 Å². The van der Waals surface area contributed by atoms with E-state index in [4.69, 9.17) is 23.7 Å². The van der Waals surface area contributed by atoms with Gasteiger partial charge in [-0.05, 0) is 38.3 Å². The van der Waals surface area contributed by atoms with Crippen LogP contribution >= 0.6 is 0 Å². The van der Waals surface area contributed by atoms with Crippen molar-refractivity contribution in [3.63, 3.8) is 0 Å². The largest absolute Gasteiger partial charge is 0.459 e. The Labute approximate surface area is 186 Å². The van der Waals surface area contributed by atoms with Crippen molar-refractivity contribution in [2.75, 3.05) is 7.11 Å². The normalized spacial score (nSPS) is 44.2. The van der Waals surface area contributed by atoms with Gasteiger partial charge in [0.1, 0.15) is 24.1 Å². The molecule has 4 aliphatic heterocycles. The van der Waals surface area contributed by atoms with Crippen LogP contribution in [0.4, 0.5) is 0 Å². The molecule has 0 amide bonds. The third-order valence-corrected chi connectivity index (χ3v) is 6.64. The predicted molar refractivity (Wildman–Crippen MR) is 109 cm³/mol. The molecule has 2 fully saturated rings. The van der Waals surface area contributed by atoms with Crippen LogP contribution in [-0.4, -0.2) is 65.7 Å². The minimum absolute atomic E-state index is 0.0268. The van der Waals surface area contributed by atoms with Crippen molar-refractivity contribution in [1.82, 2.24) is 0 Å². The summed E-state index contributed by atoms with van der Waals surface area (Å²) in [4.78, 5) is 36.6. The van der Waals surface area contributed by atoms with Gasteiger partial charge in [0, 0.05) is 26.9 Å². The van der Waals surface area contributed by atoms with Crippen molar-refractivity contribution in [2.24, 2.45) is 5.92 Å². The lowest BCUT2D eigenvalue weighted by Crippen LogP contribution is -2.43. The Morgan fingerprint density at radius 3 is 2.62 bits per heavy atom. The number of fused-ring (bicyclic) bond motifs is 2. The lowest BCUT2D eigenvalue weighted by atomic mass is 9.81.